The van der Waals surface area contributed by atoms with Crippen LogP contribution >= 0.6 is 11.3 Å². The Kier molecular flexibility index (Phi) is 5.63. The van der Waals surface area contributed by atoms with Gasteiger partial charge in [0.2, 0.25) is 0 Å². The molecule has 227 valence electrons. The average Bonchev–Trinajstić information content (AvgIpc) is 3.82. The van der Waals surface area contributed by atoms with Crippen molar-refractivity contribution in [3.05, 3.63) is 158 Å². The van der Waals surface area contributed by atoms with Crippen molar-refractivity contribution in [3.63, 3.8) is 0 Å². The molecule has 1 aliphatic rings. The van der Waals surface area contributed by atoms with E-state index in [0.29, 0.717) is 0 Å². The minimum Gasteiger partial charge on any atom is -0.346 e. The van der Waals surface area contributed by atoms with Gasteiger partial charge in [0.1, 0.15) is 4.83 Å². The number of rotatable bonds is 4. The molecule has 10 aromatic rings. The molecule has 7 aromatic carbocycles. The topological polar surface area (TPSA) is 24.0 Å². The highest BCUT2D eigenvalue weighted by atomic mass is 32.1. The van der Waals surface area contributed by atoms with Crippen LogP contribution in [0.2, 0.25) is 0 Å². The lowest BCUT2D eigenvalue weighted by atomic mass is 9.59. The molecule has 0 bridgehead atoms. The second-order valence-electron chi connectivity index (χ2n) is 12.8. The first-order valence-corrected chi connectivity index (χ1v) is 17.5. The number of aromatic amines is 1. The summed E-state index contributed by atoms with van der Waals surface area (Å²) in [6.07, 6.45) is 0. The molecule has 0 amide bonds. The van der Waals surface area contributed by atoms with Gasteiger partial charge in [-0.1, -0.05) is 115 Å². The zero-order valence-electron chi connectivity index (χ0n) is 26.4. The van der Waals surface area contributed by atoms with Gasteiger partial charge in [0.15, 0.2) is 7.28 Å². The second-order valence-corrected chi connectivity index (χ2v) is 13.9. The molecule has 0 unspecified atom stereocenters. The van der Waals surface area contributed by atoms with Crippen LogP contribution in [0.3, 0.4) is 0 Å². The Morgan fingerprint density at radius 1 is 0.551 bits per heavy atom. The van der Waals surface area contributed by atoms with Gasteiger partial charge in [-0.15, -0.1) is 11.3 Å². The number of para-hydroxylation sites is 5. The van der Waals surface area contributed by atoms with E-state index in [0.717, 1.165) is 17.1 Å². The maximum Gasteiger partial charge on any atom is 0.197 e. The highest BCUT2D eigenvalue weighted by molar-refractivity contribution is 7.25. The molecular weight excluding hydrogens is 613 g/mol. The van der Waals surface area contributed by atoms with E-state index >= 15 is 0 Å². The van der Waals surface area contributed by atoms with Gasteiger partial charge < -0.3 is 14.5 Å². The molecule has 1 aliphatic heterocycles. The monoisotopic (exact) mass is 640 g/mol. The SMILES string of the molecule is [B]1c2c(-c3cccc4c3[nH]c3sc5ccccc5c34)cc(N(c3ccccc3)c3ccccc3)cc2-n2c3ccccc3c3cccc1c32. The third kappa shape index (κ3) is 3.85. The summed E-state index contributed by atoms with van der Waals surface area (Å²) in [6, 6.07) is 57.3. The van der Waals surface area contributed by atoms with E-state index in [2.05, 4.69) is 179 Å². The lowest BCUT2D eigenvalue weighted by molar-refractivity contribution is 1.18. The van der Waals surface area contributed by atoms with Crippen LogP contribution in [0, 0.1) is 0 Å². The highest BCUT2D eigenvalue weighted by Gasteiger charge is 2.28. The van der Waals surface area contributed by atoms with Gasteiger partial charge in [-0.05, 0) is 59.6 Å². The van der Waals surface area contributed by atoms with Crippen molar-refractivity contribution >= 4 is 99.6 Å². The summed E-state index contributed by atoms with van der Waals surface area (Å²) in [6.45, 7) is 0. The Morgan fingerprint density at radius 3 is 2.04 bits per heavy atom. The van der Waals surface area contributed by atoms with Gasteiger partial charge in [-0.3, -0.25) is 0 Å². The number of nitrogens with one attached hydrogen (secondary N) is 1. The first kappa shape index (κ1) is 27.0. The fourth-order valence-corrected chi connectivity index (χ4v) is 9.24. The summed E-state index contributed by atoms with van der Waals surface area (Å²) >= 11 is 1.84. The predicted octanol–water partition coefficient (Wildman–Crippen LogP) is 10.7. The van der Waals surface area contributed by atoms with Crippen molar-refractivity contribution < 1.29 is 0 Å². The van der Waals surface area contributed by atoms with Crippen LogP contribution in [0.15, 0.2) is 158 Å². The van der Waals surface area contributed by atoms with Crippen LogP contribution in [-0.2, 0) is 0 Å². The molecule has 0 saturated heterocycles. The molecule has 0 spiro atoms. The van der Waals surface area contributed by atoms with E-state index in [9.17, 15) is 0 Å². The summed E-state index contributed by atoms with van der Waals surface area (Å²) in [5.41, 5.74) is 13.1. The van der Waals surface area contributed by atoms with E-state index < -0.39 is 0 Å². The third-order valence-electron chi connectivity index (χ3n) is 10.2. The number of hydrogen-bond acceptors (Lipinski definition) is 2. The van der Waals surface area contributed by atoms with Crippen molar-refractivity contribution in [2.45, 2.75) is 0 Å². The summed E-state index contributed by atoms with van der Waals surface area (Å²) in [5, 5.41) is 6.43. The molecule has 0 aliphatic carbocycles. The number of aromatic nitrogens is 2. The standard InChI is InChI=1S/C44H27BN3S/c1-3-13-27(14-4-1)47(28-15-5-2-6-16-28)29-25-35(31-19-11-21-34-40-33-18-8-10-24-39(33)49-44(40)46-42(31)34)41-38(26-29)48-37-23-9-7-17-30(37)32-20-12-22-36(45-41)43(32)48/h1-26,46H. The van der Waals surface area contributed by atoms with Gasteiger partial charge in [0, 0.05) is 65.5 Å². The van der Waals surface area contributed by atoms with Crippen molar-refractivity contribution in [2.24, 2.45) is 0 Å². The fraction of sp³-hybridized carbons (Fsp3) is 0. The largest absolute Gasteiger partial charge is 0.346 e. The Hall–Kier alpha value is -6.04. The zero-order chi connectivity index (χ0) is 32.1. The maximum atomic E-state index is 3.90. The summed E-state index contributed by atoms with van der Waals surface area (Å²) < 4.78 is 3.81. The minimum absolute atomic E-state index is 1.11. The van der Waals surface area contributed by atoms with Crippen LogP contribution in [-0.4, -0.2) is 16.8 Å². The molecule has 4 heterocycles. The lowest BCUT2D eigenvalue weighted by Crippen LogP contribution is -2.37. The highest BCUT2D eigenvalue weighted by Crippen LogP contribution is 2.44. The quantitative estimate of drug-likeness (QED) is 0.190. The molecule has 1 radical (unpaired) electrons. The van der Waals surface area contributed by atoms with Crippen LogP contribution in [0.1, 0.15) is 0 Å². The van der Waals surface area contributed by atoms with Crippen LogP contribution in [0.5, 0.6) is 0 Å². The first-order chi connectivity index (χ1) is 24.3. The van der Waals surface area contributed by atoms with E-state index in [1.807, 2.05) is 11.3 Å². The van der Waals surface area contributed by atoms with Crippen LogP contribution in [0.25, 0.3) is 69.8 Å². The van der Waals surface area contributed by atoms with Crippen molar-refractivity contribution in [2.75, 3.05) is 4.90 Å². The molecule has 1 N–H and O–H groups in total. The number of hydrogen-bond donors (Lipinski definition) is 1. The Labute approximate surface area is 287 Å². The van der Waals surface area contributed by atoms with E-state index in [-0.39, 0.29) is 0 Å². The normalized spacial score (nSPS) is 12.2. The van der Waals surface area contributed by atoms with Crippen LogP contribution in [0.4, 0.5) is 17.1 Å². The number of fused-ring (bicyclic) bond motifs is 10. The summed E-state index contributed by atoms with van der Waals surface area (Å²) in [5.74, 6) is 0. The van der Waals surface area contributed by atoms with Gasteiger partial charge in [0.05, 0.1) is 11.0 Å². The second kappa shape index (κ2) is 10.2. The number of H-pyrrole nitrogens is 1. The molecule has 11 rings (SSSR count). The Bertz CT molecular complexity index is 2880. The molecule has 3 aromatic heterocycles. The zero-order valence-corrected chi connectivity index (χ0v) is 27.2. The summed E-state index contributed by atoms with van der Waals surface area (Å²) in [4.78, 5) is 7.50. The van der Waals surface area contributed by atoms with Crippen molar-refractivity contribution in [1.82, 2.24) is 9.55 Å². The number of thiophene rings is 1. The van der Waals surface area contributed by atoms with Gasteiger partial charge in [0.25, 0.3) is 0 Å². The maximum absolute atomic E-state index is 3.90. The third-order valence-corrected chi connectivity index (χ3v) is 11.2. The van der Waals surface area contributed by atoms with Crippen molar-refractivity contribution in [1.29, 1.82) is 0 Å². The van der Waals surface area contributed by atoms with E-state index in [1.54, 1.807) is 0 Å². The van der Waals surface area contributed by atoms with Gasteiger partial charge >= 0.3 is 0 Å². The molecular formula is C44H27BN3S. The van der Waals surface area contributed by atoms with Crippen molar-refractivity contribution in [3.8, 4) is 16.8 Å². The molecule has 49 heavy (non-hydrogen) atoms. The number of nitrogens with zero attached hydrogens (tertiary/aromatic N) is 2. The molecule has 0 fully saturated rings. The summed E-state index contributed by atoms with van der Waals surface area (Å²) in [7, 11) is 2.41. The van der Waals surface area contributed by atoms with Gasteiger partial charge in [-0.2, -0.15) is 0 Å². The molecule has 0 atom stereocenters. The lowest BCUT2D eigenvalue weighted by Gasteiger charge is -2.30. The Balaban J connectivity index is 1.27. The fourth-order valence-electron chi connectivity index (χ4n) is 8.11. The number of benzene rings is 7. The molecule has 0 saturated carbocycles. The Morgan fingerprint density at radius 2 is 1.22 bits per heavy atom. The van der Waals surface area contributed by atoms with Gasteiger partial charge in [-0.25, -0.2) is 0 Å². The first-order valence-electron chi connectivity index (χ1n) is 16.7. The minimum atomic E-state index is 1.11. The molecule has 3 nitrogen and oxygen atoms in total. The number of anilines is 3. The smallest absolute Gasteiger partial charge is 0.197 e. The van der Waals surface area contributed by atoms with Crippen LogP contribution < -0.4 is 15.8 Å². The van der Waals surface area contributed by atoms with E-state index in [1.165, 1.54) is 80.8 Å². The predicted molar refractivity (Wildman–Crippen MR) is 211 cm³/mol. The van der Waals surface area contributed by atoms with E-state index in [4.69, 9.17) is 0 Å². The average molecular weight is 641 g/mol. The molecule has 5 heteroatoms.